The Bertz CT molecular complexity index is 491. The molecule has 1 aliphatic heterocycles. The van der Waals surface area contributed by atoms with Gasteiger partial charge in [-0.15, -0.1) is 0 Å². The predicted molar refractivity (Wildman–Crippen MR) is 77.5 cm³/mol. The summed E-state index contributed by atoms with van der Waals surface area (Å²) in [4.78, 5) is 12.5. The van der Waals surface area contributed by atoms with Gasteiger partial charge in [-0.3, -0.25) is 4.79 Å². The van der Waals surface area contributed by atoms with Gasteiger partial charge in [0, 0.05) is 17.4 Å². The number of hydrogen-bond donors (Lipinski definition) is 0. The fourth-order valence-corrected chi connectivity index (χ4v) is 3.25. The van der Waals surface area contributed by atoms with Gasteiger partial charge in [0.1, 0.15) is 5.78 Å². The van der Waals surface area contributed by atoms with Crippen LogP contribution in [-0.4, -0.2) is 17.0 Å². The van der Waals surface area contributed by atoms with E-state index in [1.54, 1.807) is 0 Å². The van der Waals surface area contributed by atoms with E-state index in [9.17, 15) is 4.79 Å². The molecule has 1 heterocycles. The third-order valence-electron chi connectivity index (χ3n) is 3.73. The van der Waals surface area contributed by atoms with Crippen LogP contribution in [0.5, 0.6) is 0 Å². The topological polar surface area (TPSA) is 26.3 Å². The Morgan fingerprint density at radius 1 is 1.37 bits per heavy atom. The zero-order valence-electron chi connectivity index (χ0n) is 12.0. The summed E-state index contributed by atoms with van der Waals surface area (Å²) < 4.78 is 5.98. The summed E-state index contributed by atoms with van der Waals surface area (Å²) in [6, 6.07) is 7.50. The van der Waals surface area contributed by atoms with Gasteiger partial charge in [-0.25, -0.2) is 0 Å². The molecule has 1 atom stereocenters. The van der Waals surface area contributed by atoms with Crippen molar-refractivity contribution in [3.63, 3.8) is 0 Å². The molecule has 0 aromatic heterocycles. The third-order valence-corrected chi connectivity index (χ3v) is 3.97. The van der Waals surface area contributed by atoms with Gasteiger partial charge in [-0.1, -0.05) is 23.7 Å². The number of hydrogen-bond acceptors (Lipinski definition) is 2. The Labute approximate surface area is 120 Å². The highest BCUT2D eigenvalue weighted by Crippen LogP contribution is 2.42. The molecule has 0 aliphatic carbocycles. The maximum Gasteiger partial charge on any atom is 0.143 e. The smallest absolute Gasteiger partial charge is 0.143 e. The molecule has 0 bridgehead atoms. The first-order chi connectivity index (χ1) is 8.70. The molecule has 19 heavy (non-hydrogen) atoms. The molecule has 0 amide bonds. The molecule has 0 N–H and O–H groups in total. The van der Waals surface area contributed by atoms with Crippen molar-refractivity contribution in [3.05, 3.63) is 34.9 Å². The van der Waals surface area contributed by atoms with Gasteiger partial charge in [0.15, 0.2) is 0 Å². The number of ether oxygens (including phenoxy) is 1. The zero-order chi connectivity index (χ0) is 14.3. The second-order valence-corrected chi connectivity index (χ2v) is 6.93. The molecular formula is C16H21ClO2. The van der Waals surface area contributed by atoms with Crippen molar-refractivity contribution in [3.8, 4) is 0 Å². The first-order valence-electron chi connectivity index (χ1n) is 6.67. The van der Waals surface area contributed by atoms with E-state index in [1.165, 1.54) is 0 Å². The predicted octanol–water partition coefficient (Wildman–Crippen LogP) is 4.05. The van der Waals surface area contributed by atoms with E-state index in [0.717, 1.165) is 12.0 Å². The van der Waals surface area contributed by atoms with Crippen LogP contribution in [0.2, 0.25) is 5.02 Å². The maximum absolute atomic E-state index is 12.5. The number of benzene rings is 1. The van der Waals surface area contributed by atoms with Crippen molar-refractivity contribution in [1.29, 1.82) is 0 Å². The summed E-state index contributed by atoms with van der Waals surface area (Å²) in [5.41, 5.74) is 0.357. The van der Waals surface area contributed by atoms with Crippen molar-refractivity contribution in [2.24, 2.45) is 5.92 Å². The molecule has 0 radical (unpaired) electrons. The van der Waals surface area contributed by atoms with E-state index >= 15 is 0 Å². The van der Waals surface area contributed by atoms with Gasteiger partial charge >= 0.3 is 0 Å². The van der Waals surface area contributed by atoms with Crippen LogP contribution in [0.4, 0.5) is 0 Å². The number of carbonyl (C=O) groups excluding carboxylic acids is 1. The average Bonchev–Trinajstić information content (AvgIpc) is 2.46. The number of carbonyl (C=O) groups is 1. The Morgan fingerprint density at radius 2 is 2.05 bits per heavy atom. The SMILES string of the molecule is CC1(C)CC(C(=O)Cc2cccc(Cl)c2)C(C)(C)O1. The van der Waals surface area contributed by atoms with Crippen molar-refractivity contribution < 1.29 is 9.53 Å². The average molecular weight is 281 g/mol. The number of ketones is 1. The van der Waals surface area contributed by atoms with Crippen molar-refractivity contribution in [1.82, 2.24) is 0 Å². The Hall–Kier alpha value is -0.860. The molecule has 0 saturated carbocycles. The molecule has 2 rings (SSSR count). The van der Waals surface area contributed by atoms with E-state index in [4.69, 9.17) is 16.3 Å². The van der Waals surface area contributed by atoms with Gasteiger partial charge in [-0.05, 0) is 51.8 Å². The van der Waals surface area contributed by atoms with Crippen LogP contribution in [0.25, 0.3) is 0 Å². The molecule has 1 aliphatic rings. The van der Waals surface area contributed by atoms with E-state index < -0.39 is 0 Å². The van der Waals surface area contributed by atoms with Gasteiger partial charge < -0.3 is 4.74 Å². The fraction of sp³-hybridized carbons (Fsp3) is 0.562. The molecule has 2 nitrogen and oxygen atoms in total. The standard InChI is InChI=1S/C16H21ClO2/c1-15(2)10-13(16(3,4)19-15)14(18)9-11-6-5-7-12(17)8-11/h5-8,13H,9-10H2,1-4H3. The molecule has 1 unspecified atom stereocenters. The lowest BCUT2D eigenvalue weighted by molar-refractivity contribution is -0.128. The van der Waals surface area contributed by atoms with Crippen molar-refractivity contribution in [2.75, 3.05) is 0 Å². The minimum absolute atomic E-state index is 0.0542. The Kier molecular flexibility index (Phi) is 3.76. The quantitative estimate of drug-likeness (QED) is 0.835. The molecule has 1 aromatic rings. The van der Waals surface area contributed by atoms with Gasteiger partial charge in [0.2, 0.25) is 0 Å². The van der Waals surface area contributed by atoms with Crippen LogP contribution in [-0.2, 0) is 16.0 Å². The first-order valence-corrected chi connectivity index (χ1v) is 7.05. The minimum Gasteiger partial charge on any atom is -0.369 e. The largest absolute Gasteiger partial charge is 0.369 e. The second kappa shape index (κ2) is 4.92. The fourth-order valence-electron chi connectivity index (χ4n) is 3.04. The molecule has 3 heteroatoms. The monoisotopic (exact) mass is 280 g/mol. The van der Waals surface area contributed by atoms with Gasteiger partial charge in [0.25, 0.3) is 0 Å². The lowest BCUT2D eigenvalue weighted by Crippen LogP contribution is -2.34. The highest BCUT2D eigenvalue weighted by Gasteiger charge is 2.48. The van der Waals surface area contributed by atoms with E-state index in [0.29, 0.717) is 11.4 Å². The van der Waals surface area contributed by atoms with Crippen LogP contribution in [0.15, 0.2) is 24.3 Å². The lowest BCUT2D eigenvalue weighted by Gasteiger charge is -2.26. The highest BCUT2D eigenvalue weighted by molar-refractivity contribution is 6.30. The van der Waals surface area contributed by atoms with Crippen LogP contribution >= 0.6 is 11.6 Å². The van der Waals surface area contributed by atoms with Crippen LogP contribution in [0.3, 0.4) is 0 Å². The Morgan fingerprint density at radius 3 is 2.58 bits per heavy atom. The van der Waals surface area contributed by atoms with Gasteiger partial charge in [-0.2, -0.15) is 0 Å². The summed E-state index contributed by atoms with van der Waals surface area (Å²) in [5.74, 6) is 0.180. The maximum atomic E-state index is 12.5. The Balaban J connectivity index is 2.12. The minimum atomic E-state index is -0.390. The normalized spacial score (nSPS) is 24.4. The molecule has 1 saturated heterocycles. The van der Waals surface area contributed by atoms with E-state index in [2.05, 4.69) is 0 Å². The molecule has 0 spiro atoms. The third kappa shape index (κ3) is 3.37. The number of halogens is 1. The number of Topliss-reactive ketones (excluding diaryl/α,β-unsaturated/α-hetero) is 1. The molecular weight excluding hydrogens is 260 g/mol. The summed E-state index contributed by atoms with van der Waals surface area (Å²) in [6.45, 7) is 8.09. The van der Waals surface area contributed by atoms with E-state index in [-0.39, 0.29) is 22.9 Å². The number of rotatable bonds is 3. The van der Waals surface area contributed by atoms with Crippen molar-refractivity contribution in [2.45, 2.75) is 51.7 Å². The van der Waals surface area contributed by atoms with Crippen molar-refractivity contribution >= 4 is 17.4 Å². The zero-order valence-corrected chi connectivity index (χ0v) is 12.8. The summed E-state index contributed by atoms with van der Waals surface area (Å²) >= 11 is 5.95. The highest BCUT2D eigenvalue weighted by atomic mass is 35.5. The summed E-state index contributed by atoms with van der Waals surface area (Å²) in [6.07, 6.45) is 1.20. The summed E-state index contributed by atoms with van der Waals surface area (Å²) in [5, 5.41) is 0.674. The van der Waals surface area contributed by atoms with E-state index in [1.807, 2.05) is 52.0 Å². The van der Waals surface area contributed by atoms with Gasteiger partial charge in [0.05, 0.1) is 11.2 Å². The van der Waals surface area contributed by atoms with Crippen LogP contribution in [0.1, 0.15) is 39.7 Å². The molecule has 1 aromatic carbocycles. The summed E-state index contributed by atoms with van der Waals surface area (Å²) in [7, 11) is 0. The van der Waals surface area contributed by atoms with Crippen LogP contribution in [0, 0.1) is 5.92 Å². The second-order valence-electron chi connectivity index (χ2n) is 6.49. The van der Waals surface area contributed by atoms with Crippen LogP contribution < -0.4 is 0 Å². The first kappa shape index (κ1) is 14.5. The molecule has 1 fully saturated rings. The lowest BCUT2D eigenvalue weighted by atomic mass is 9.82. The molecule has 104 valence electrons.